The number of para-hydroxylation sites is 1. The molecule has 3 saturated heterocycles. The van der Waals surface area contributed by atoms with E-state index in [9.17, 15) is 0 Å². The normalized spacial score (nSPS) is 30.2. The molecular weight excluding hydrogens is 280 g/mol. The average Bonchev–Trinajstić information content (AvgIpc) is 2.57. The Hall–Kier alpha value is -1.88. The van der Waals surface area contributed by atoms with E-state index < -0.39 is 5.97 Å². The van der Waals surface area contributed by atoms with E-state index in [0.29, 0.717) is 19.8 Å². The van der Waals surface area contributed by atoms with Gasteiger partial charge in [-0.3, -0.25) is 0 Å². The zero-order valence-corrected chi connectivity index (χ0v) is 12.5. The molecule has 0 aliphatic carbocycles. The van der Waals surface area contributed by atoms with Crippen LogP contribution in [0, 0.1) is 5.41 Å². The zero-order chi connectivity index (χ0) is 15.0. The lowest BCUT2D eigenvalue weighted by molar-refractivity contribution is -0.477. The van der Waals surface area contributed by atoms with Crippen LogP contribution in [-0.4, -0.2) is 19.8 Å². The van der Waals surface area contributed by atoms with Crippen LogP contribution in [0.4, 0.5) is 0 Å². The minimum absolute atomic E-state index is 0.0418. The molecule has 2 bridgehead atoms. The number of rotatable bonds is 3. The van der Waals surface area contributed by atoms with Crippen LogP contribution >= 0.6 is 0 Å². The highest BCUT2D eigenvalue weighted by Crippen LogP contribution is 2.44. The molecule has 0 N–H and O–H groups in total. The summed E-state index contributed by atoms with van der Waals surface area (Å²) in [6.45, 7) is 4.01. The summed E-state index contributed by atoms with van der Waals surface area (Å²) in [5, 5.41) is 0. The largest absolute Gasteiger partial charge is 0.457 e. The zero-order valence-electron chi connectivity index (χ0n) is 12.5. The predicted octanol–water partition coefficient (Wildman–Crippen LogP) is 3.67. The van der Waals surface area contributed by atoms with Crippen LogP contribution in [0.3, 0.4) is 0 Å². The quantitative estimate of drug-likeness (QED) is 0.866. The van der Waals surface area contributed by atoms with Crippen molar-refractivity contribution in [2.75, 3.05) is 19.8 Å². The fourth-order valence-electron chi connectivity index (χ4n) is 2.68. The van der Waals surface area contributed by atoms with Gasteiger partial charge in [-0.15, -0.1) is 0 Å². The Morgan fingerprint density at radius 2 is 1.45 bits per heavy atom. The summed E-state index contributed by atoms with van der Waals surface area (Å²) < 4.78 is 23.4. The molecule has 3 fully saturated rings. The maximum absolute atomic E-state index is 5.87. The topological polar surface area (TPSA) is 36.9 Å². The van der Waals surface area contributed by atoms with Crippen LogP contribution in [0.5, 0.6) is 11.5 Å². The van der Waals surface area contributed by atoms with E-state index in [2.05, 4.69) is 6.92 Å². The molecule has 0 saturated carbocycles. The SMILES string of the molecule is CC12COC(c3cccc(Oc4ccccc4)c3)(OC1)OC2. The van der Waals surface area contributed by atoms with Gasteiger partial charge in [0.1, 0.15) is 11.5 Å². The van der Waals surface area contributed by atoms with Crippen LogP contribution in [0.1, 0.15) is 12.5 Å². The molecule has 0 unspecified atom stereocenters. The number of benzene rings is 2. The lowest BCUT2D eigenvalue weighted by atomic mass is 9.91. The molecule has 0 amide bonds. The standard InChI is InChI=1S/C18H18O4/c1-17-11-19-18(20-12-17,21-13-17)14-6-5-9-16(10-14)22-15-7-3-2-4-8-15/h2-10H,11-13H2,1H3. The summed E-state index contributed by atoms with van der Waals surface area (Å²) in [4.78, 5) is 0. The van der Waals surface area contributed by atoms with E-state index in [-0.39, 0.29) is 5.41 Å². The third-order valence-corrected chi connectivity index (χ3v) is 4.00. The van der Waals surface area contributed by atoms with Gasteiger partial charge < -0.3 is 18.9 Å². The van der Waals surface area contributed by atoms with Crippen LogP contribution in [-0.2, 0) is 20.2 Å². The molecule has 3 aliphatic heterocycles. The van der Waals surface area contributed by atoms with Gasteiger partial charge in [-0.1, -0.05) is 37.3 Å². The summed E-state index contributed by atoms with van der Waals surface area (Å²) >= 11 is 0. The second-order valence-electron chi connectivity index (χ2n) is 6.18. The van der Waals surface area contributed by atoms with Gasteiger partial charge in [0, 0.05) is 11.0 Å². The van der Waals surface area contributed by atoms with E-state index in [1.54, 1.807) is 0 Å². The van der Waals surface area contributed by atoms with Crippen LogP contribution in [0.25, 0.3) is 0 Å². The Morgan fingerprint density at radius 1 is 0.818 bits per heavy atom. The van der Waals surface area contributed by atoms with Gasteiger partial charge in [0.2, 0.25) is 0 Å². The molecule has 22 heavy (non-hydrogen) atoms. The van der Waals surface area contributed by atoms with E-state index >= 15 is 0 Å². The molecule has 0 aromatic heterocycles. The molecule has 0 spiro atoms. The predicted molar refractivity (Wildman–Crippen MR) is 80.6 cm³/mol. The maximum atomic E-state index is 5.87. The second kappa shape index (κ2) is 5.09. The van der Waals surface area contributed by atoms with Crippen molar-refractivity contribution in [2.24, 2.45) is 5.41 Å². The van der Waals surface area contributed by atoms with E-state index in [1.165, 1.54) is 0 Å². The van der Waals surface area contributed by atoms with Crippen molar-refractivity contribution in [1.82, 2.24) is 0 Å². The van der Waals surface area contributed by atoms with Crippen molar-refractivity contribution in [2.45, 2.75) is 12.9 Å². The average molecular weight is 298 g/mol. The van der Waals surface area contributed by atoms with Crippen molar-refractivity contribution in [1.29, 1.82) is 0 Å². The molecule has 114 valence electrons. The summed E-state index contributed by atoms with van der Waals surface area (Å²) in [5.74, 6) is 0.431. The summed E-state index contributed by atoms with van der Waals surface area (Å²) in [6, 6.07) is 17.3. The third-order valence-electron chi connectivity index (χ3n) is 4.00. The first-order chi connectivity index (χ1) is 10.7. The van der Waals surface area contributed by atoms with Gasteiger partial charge in [0.05, 0.1) is 19.8 Å². The smallest absolute Gasteiger partial charge is 0.312 e. The number of fused-ring (bicyclic) bond motifs is 3. The molecule has 2 aromatic rings. The van der Waals surface area contributed by atoms with Gasteiger partial charge in [-0.05, 0) is 24.3 Å². The lowest BCUT2D eigenvalue weighted by Crippen LogP contribution is -2.57. The second-order valence-corrected chi connectivity index (χ2v) is 6.18. The van der Waals surface area contributed by atoms with Crippen molar-refractivity contribution in [3.8, 4) is 11.5 Å². The molecule has 0 radical (unpaired) electrons. The fourth-order valence-corrected chi connectivity index (χ4v) is 2.68. The minimum atomic E-state index is -1.09. The molecule has 3 heterocycles. The Bertz CT molecular complexity index is 643. The van der Waals surface area contributed by atoms with Crippen LogP contribution < -0.4 is 4.74 Å². The Labute approximate surface area is 129 Å². The van der Waals surface area contributed by atoms with Crippen molar-refractivity contribution in [3.63, 3.8) is 0 Å². The number of ether oxygens (including phenoxy) is 4. The van der Waals surface area contributed by atoms with Crippen molar-refractivity contribution >= 4 is 0 Å². The molecule has 3 aliphatic rings. The van der Waals surface area contributed by atoms with E-state index in [0.717, 1.165) is 17.1 Å². The highest BCUT2D eigenvalue weighted by atomic mass is 16.9. The molecule has 0 atom stereocenters. The molecular formula is C18H18O4. The number of hydrogen-bond donors (Lipinski definition) is 0. The van der Waals surface area contributed by atoms with Gasteiger partial charge in [-0.2, -0.15) is 0 Å². The molecule has 4 heteroatoms. The van der Waals surface area contributed by atoms with Gasteiger partial charge in [0.25, 0.3) is 0 Å². The van der Waals surface area contributed by atoms with E-state index in [1.807, 2.05) is 54.6 Å². The first-order valence-electron chi connectivity index (χ1n) is 7.43. The first kappa shape index (κ1) is 13.8. The van der Waals surface area contributed by atoms with Gasteiger partial charge in [0.15, 0.2) is 0 Å². The lowest BCUT2D eigenvalue weighted by Gasteiger charge is -2.50. The monoisotopic (exact) mass is 298 g/mol. The summed E-state index contributed by atoms with van der Waals surface area (Å²) in [5.41, 5.74) is 0.780. The molecule has 5 rings (SSSR count). The fraction of sp³-hybridized carbons (Fsp3) is 0.333. The highest BCUT2D eigenvalue weighted by molar-refractivity contribution is 5.35. The van der Waals surface area contributed by atoms with Crippen molar-refractivity contribution in [3.05, 3.63) is 60.2 Å². The number of hydrogen-bond acceptors (Lipinski definition) is 4. The summed E-state index contributed by atoms with van der Waals surface area (Å²) in [7, 11) is 0. The Kier molecular flexibility index (Phi) is 3.18. The summed E-state index contributed by atoms with van der Waals surface area (Å²) in [6.07, 6.45) is 0. The Balaban J connectivity index is 1.60. The van der Waals surface area contributed by atoms with E-state index in [4.69, 9.17) is 18.9 Å². The highest BCUT2D eigenvalue weighted by Gasteiger charge is 2.51. The van der Waals surface area contributed by atoms with Crippen LogP contribution in [0.15, 0.2) is 54.6 Å². The van der Waals surface area contributed by atoms with Gasteiger partial charge >= 0.3 is 5.97 Å². The maximum Gasteiger partial charge on any atom is 0.312 e. The minimum Gasteiger partial charge on any atom is -0.457 e. The molecule has 4 nitrogen and oxygen atoms in total. The first-order valence-corrected chi connectivity index (χ1v) is 7.43. The third kappa shape index (κ3) is 2.39. The Morgan fingerprint density at radius 3 is 2.14 bits per heavy atom. The van der Waals surface area contributed by atoms with Gasteiger partial charge in [-0.25, -0.2) is 0 Å². The van der Waals surface area contributed by atoms with Crippen molar-refractivity contribution < 1.29 is 18.9 Å². The van der Waals surface area contributed by atoms with Crippen LogP contribution in [0.2, 0.25) is 0 Å². The molecule has 2 aromatic carbocycles.